The number of aromatic nitrogens is 5. The summed E-state index contributed by atoms with van der Waals surface area (Å²) in [5, 5.41) is 4.18. The Bertz CT molecular complexity index is 461. The molecular formula is C8H10N6. The second-order valence-electron chi connectivity index (χ2n) is 2.92. The van der Waals surface area contributed by atoms with E-state index in [-0.39, 0.29) is 0 Å². The van der Waals surface area contributed by atoms with Crippen molar-refractivity contribution in [3.8, 4) is 5.82 Å². The lowest BCUT2D eigenvalue weighted by molar-refractivity contribution is 0.801. The molecule has 0 radical (unpaired) electrons. The average molecular weight is 190 g/mol. The largest absolute Gasteiger partial charge is 0.394 e. The summed E-state index contributed by atoms with van der Waals surface area (Å²) >= 11 is 0. The summed E-state index contributed by atoms with van der Waals surface area (Å²) in [6, 6.07) is 0. The Morgan fingerprint density at radius 3 is 2.71 bits per heavy atom. The minimum absolute atomic E-state index is 0.487. The minimum atomic E-state index is 0.487. The number of nitrogens with zero attached hydrogens (tertiary/aromatic N) is 5. The smallest absolute Gasteiger partial charge is 0.181 e. The van der Waals surface area contributed by atoms with Gasteiger partial charge in [-0.25, -0.2) is 15.0 Å². The summed E-state index contributed by atoms with van der Waals surface area (Å²) in [6.45, 7) is 3.67. The number of anilines is 1. The normalized spacial score (nSPS) is 10.4. The van der Waals surface area contributed by atoms with Crippen molar-refractivity contribution >= 4 is 5.69 Å². The first-order valence-corrected chi connectivity index (χ1v) is 4.14. The van der Waals surface area contributed by atoms with Gasteiger partial charge in [0.25, 0.3) is 0 Å². The van der Waals surface area contributed by atoms with Gasteiger partial charge in [0.15, 0.2) is 5.82 Å². The van der Waals surface area contributed by atoms with Crippen molar-refractivity contribution in [2.75, 3.05) is 5.73 Å². The predicted octanol–water partition coefficient (Wildman–Crippen LogP) is 0.256. The Hall–Kier alpha value is -1.98. The number of aryl methyl sites for hydroxylation is 2. The molecule has 2 heterocycles. The lowest BCUT2D eigenvalue weighted by Gasteiger charge is -2.03. The van der Waals surface area contributed by atoms with Gasteiger partial charge in [0.1, 0.15) is 18.0 Å². The van der Waals surface area contributed by atoms with E-state index >= 15 is 0 Å². The first-order valence-electron chi connectivity index (χ1n) is 4.14. The molecule has 2 aromatic rings. The van der Waals surface area contributed by atoms with Crippen LogP contribution in [0.1, 0.15) is 11.6 Å². The highest BCUT2D eigenvalue weighted by atomic mass is 15.4. The van der Waals surface area contributed by atoms with Crippen molar-refractivity contribution in [3.63, 3.8) is 0 Å². The van der Waals surface area contributed by atoms with Gasteiger partial charge in [0.05, 0.1) is 11.9 Å². The molecule has 2 rings (SSSR count). The number of rotatable bonds is 1. The molecule has 0 aliphatic heterocycles. The first-order chi connectivity index (χ1) is 6.68. The van der Waals surface area contributed by atoms with E-state index in [9.17, 15) is 0 Å². The zero-order valence-electron chi connectivity index (χ0n) is 7.97. The van der Waals surface area contributed by atoms with Crippen molar-refractivity contribution in [2.24, 2.45) is 0 Å². The second kappa shape index (κ2) is 3.06. The maximum absolute atomic E-state index is 5.72. The van der Waals surface area contributed by atoms with Gasteiger partial charge in [-0.15, -0.1) is 5.10 Å². The Kier molecular flexibility index (Phi) is 1.88. The molecule has 0 amide bonds. The molecule has 0 unspecified atom stereocenters. The van der Waals surface area contributed by atoms with Gasteiger partial charge in [0, 0.05) is 0 Å². The highest BCUT2D eigenvalue weighted by Gasteiger charge is 2.08. The fraction of sp³-hybridized carbons (Fsp3) is 0.250. The SMILES string of the molecule is Cc1nc(C)n(-c2ncncc2N)n1. The lowest BCUT2D eigenvalue weighted by Crippen LogP contribution is -2.06. The molecule has 0 saturated heterocycles. The van der Waals surface area contributed by atoms with Crippen molar-refractivity contribution < 1.29 is 0 Å². The molecule has 2 aromatic heterocycles. The van der Waals surface area contributed by atoms with Crippen molar-refractivity contribution in [1.82, 2.24) is 24.7 Å². The fourth-order valence-electron chi connectivity index (χ4n) is 1.23. The van der Waals surface area contributed by atoms with Crippen molar-refractivity contribution in [1.29, 1.82) is 0 Å². The van der Waals surface area contributed by atoms with Crippen LogP contribution in [0, 0.1) is 13.8 Å². The van der Waals surface area contributed by atoms with Gasteiger partial charge < -0.3 is 5.73 Å². The number of hydrogen-bond acceptors (Lipinski definition) is 5. The quantitative estimate of drug-likeness (QED) is 0.697. The average Bonchev–Trinajstić information content (AvgIpc) is 2.46. The highest BCUT2D eigenvalue weighted by molar-refractivity contribution is 5.50. The zero-order valence-corrected chi connectivity index (χ0v) is 7.97. The third-order valence-corrected chi connectivity index (χ3v) is 1.79. The Morgan fingerprint density at radius 2 is 2.14 bits per heavy atom. The Balaban J connectivity index is 2.60. The van der Waals surface area contributed by atoms with Gasteiger partial charge in [0.2, 0.25) is 0 Å². The van der Waals surface area contributed by atoms with Crippen LogP contribution in [0.15, 0.2) is 12.5 Å². The second-order valence-corrected chi connectivity index (χ2v) is 2.92. The molecular weight excluding hydrogens is 180 g/mol. The van der Waals surface area contributed by atoms with E-state index in [2.05, 4.69) is 20.1 Å². The van der Waals surface area contributed by atoms with E-state index < -0.39 is 0 Å². The van der Waals surface area contributed by atoms with Gasteiger partial charge in [-0.2, -0.15) is 4.68 Å². The van der Waals surface area contributed by atoms with Crippen LogP contribution in [0.2, 0.25) is 0 Å². The lowest BCUT2D eigenvalue weighted by atomic mass is 10.5. The van der Waals surface area contributed by atoms with Crippen LogP contribution in [0.25, 0.3) is 5.82 Å². The van der Waals surface area contributed by atoms with Gasteiger partial charge in [-0.3, -0.25) is 0 Å². The molecule has 0 atom stereocenters. The molecule has 14 heavy (non-hydrogen) atoms. The molecule has 6 heteroatoms. The predicted molar refractivity (Wildman–Crippen MR) is 50.8 cm³/mol. The third-order valence-electron chi connectivity index (χ3n) is 1.79. The molecule has 0 bridgehead atoms. The molecule has 0 aliphatic rings. The van der Waals surface area contributed by atoms with Gasteiger partial charge in [-0.1, -0.05) is 0 Å². The van der Waals surface area contributed by atoms with Crippen LogP contribution in [-0.4, -0.2) is 24.7 Å². The number of nitrogen functional groups attached to an aromatic ring is 1. The summed E-state index contributed by atoms with van der Waals surface area (Å²) in [5.41, 5.74) is 6.20. The van der Waals surface area contributed by atoms with Crippen molar-refractivity contribution in [3.05, 3.63) is 24.2 Å². The molecule has 0 spiro atoms. The maximum atomic E-state index is 5.72. The summed E-state index contributed by atoms with van der Waals surface area (Å²) in [5.74, 6) is 2.02. The minimum Gasteiger partial charge on any atom is -0.394 e. The summed E-state index contributed by atoms with van der Waals surface area (Å²) in [6.07, 6.45) is 2.97. The van der Waals surface area contributed by atoms with Gasteiger partial charge >= 0.3 is 0 Å². The zero-order chi connectivity index (χ0) is 10.1. The fourth-order valence-corrected chi connectivity index (χ4v) is 1.23. The van der Waals surface area contributed by atoms with Crippen LogP contribution in [0.3, 0.4) is 0 Å². The summed E-state index contributed by atoms with van der Waals surface area (Å²) in [7, 11) is 0. The molecule has 0 aromatic carbocycles. The van der Waals surface area contributed by atoms with Crippen LogP contribution >= 0.6 is 0 Å². The van der Waals surface area contributed by atoms with Crippen LogP contribution in [0.5, 0.6) is 0 Å². The highest BCUT2D eigenvalue weighted by Crippen LogP contribution is 2.12. The molecule has 2 N–H and O–H groups in total. The van der Waals surface area contributed by atoms with E-state index in [1.165, 1.54) is 6.33 Å². The molecule has 0 aliphatic carbocycles. The molecule has 0 fully saturated rings. The molecule has 6 nitrogen and oxygen atoms in total. The van der Waals surface area contributed by atoms with Crippen molar-refractivity contribution in [2.45, 2.75) is 13.8 Å². The van der Waals surface area contributed by atoms with Crippen LogP contribution in [0.4, 0.5) is 5.69 Å². The summed E-state index contributed by atoms with van der Waals surface area (Å²) < 4.78 is 1.60. The third kappa shape index (κ3) is 1.30. The standard InChI is InChI=1S/C8H10N6/c1-5-12-6(2)14(13-5)8-7(9)3-10-4-11-8/h3-4H,9H2,1-2H3. The Labute approximate surface area is 80.8 Å². The van der Waals surface area contributed by atoms with E-state index in [1.54, 1.807) is 10.9 Å². The number of hydrogen-bond donors (Lipinski definition) is 1. The maximum Gasteiger partial charge on any atom is 0.181 e. The van der Waals surface area contributed by atoms with Crippen LogP contribution < -0.4 is 5.73 Å². The van der Waals surface area contributed by atoms with E-state index in [1.807, 2.05) is 13.8 Å². The number of nitrogens with two attached hydrogens (primary N) is 1. The summed E-state index contributed by atoms with van der Waals surface area (Å²) in [4.78, 5) is 12.0. The Morgan fingerprint density at radius 1 is 1.36 bits per heavy atom. The van der Waals surface area contributed by atoms with E-state index in [0.29, 0.717) is 17.3 Å². The first kappa shape index (κ1) is 8.61. The molecule has 72 valence electrons. The van der Waals surface area contributed by atoms with Gasteiger partial charge in [-0.05, 0) is 13.8 Å². The van der Waals surface area contributed by atoms with E-state index in [0.717, 1.165) is 5.82 Å². The monoisotopic (exact) mass is 190 g/mol. The van der Waals surface area contributed by atoms with Crippen LogP contribution in [-0.2, 0) is 0 Å². The van der Waals surface area contributed by atoms with E-state index in [4.69, 9.17) is 5.73 Å². The topological polar surface area (TPSA) is 82.5 Å². The molecule has 0 saturated carbocycles.